The molecule has 2 aliphatic heterocycles. The lowest BCUT2D eigenvalue weighted by atomic mass is 9.76. The van der Waals surface area contributed by atoms with E-state index < -0.39 is 11.4 Å². The first-order valence-corrected chi connectivity index (χ1v) is 10.1. The van der Waals surface area contributed by atoms with E-state index in [1.54, 1.807) is 23.5 Å². The van der Waals surface area contributed by atoms with Gasteiger partial charge in [0.15, 0.2) is 0 Å². The third-order valence-corrected chi connectivity index (χ3v) is 6.73. The second-order valence-corrected chi connectivity index (χ2v) is 8.82. The second kappa shape index (κ2) is 6.27. The van der Waals surface area contributed by atoms with Crippen molar-refractivity contribution in [2.75, 3.05) is 24.5 Å². The van der Waals surface area contributed by atoms with Crippen molar-refractivity contribution in [3.63, 3.8) is 0 Å². The highest BCUT2D eigenvalue weighted by Crippen LogP contribution is 2.48. The predicted octanol–water partition coefficient (Wildman–Crippen LogP) is 3.36. The Bertz CT molecular complexity index is 794. The van der Waals surface area contributed by atoms with Crippen molar-refractivity contribution in [3.8, 4) is 0 Å². The molecule has 3 aliphatic rings. The predicted molar refractivity (Wildman–Crippen MR) is 102 cm³/mol. The molecule has 1 aromatic heterocycles. The van der Waals surface area contributed by atoms with E-state index in [1.807, 2.05) is 18.7 Å². The molecule has 0 aromatic carbocycles. The summed E-state index contributed by atoms with van der Waals surface area (Å²) in [5, 5.41) is 13.6. The number of aliphatic carboxylic acids is 1. The van der Waals surface area contributed by atoms with Crippen molar-refractivity contribution >= 4 is 28.9 Å². The van der Waals surface area contributed by atoms with Gasteiger partial charge in [0.1, 0.15) is 0 Å². The summed E-state index contributed by atoms with van der Waals surface area (Å²) < 4.78 is 0. The number of carbonyl (C=O) groups excluding carboxylic acids is 1. The van der Waals surface area contributed by atoms with Gasteiger partial charge in [-0.2, -0.15) is 11.3 Å². The van der Waals surface area contributed by atoms with Crippen molar-refractivity contribution in [2.45, 2.75) is 26.7 Å². The van der Waals surface area contributed by atoms with Crippen LogP contribution in [0.2, 0.25) is 0 Å². The maximum Gasteiger partial charge on any atom is 0.335 e. The summed E-state index contributed by atoms with van der Waals surface area (Å²) in [7, 11) is 0. The average Bonchev–Trinajstić information content (AvgIpc) is 3.32. The molecule has 2 fully saturated rings. The van der Waals surface area contributed by atoms with Gasteiger partial charge in [0.05, 0.1) is 11.0 Å². The molecule has 26 heavy (non-hydrogen) atoms. The third-order valence-electron chi connectivity index (χ3n) is 6.06. The van der Waals surface area contributed by atoms with Gasteiger partial charge < -0.3 is 14.9 Å². The van der Waals surface area contributed by atoms with Crippen molar-refractivity contribution in [3.05, 3.63) is 40.2 Å². The molecule has 2 unspecified atom stereocenters. The molecule has 0 bridgehead atoms. The zero-order chi connectivity index (χ0) is 18.5. The molecule has 0 radical (unpaired) electrons. The Morgan fingerprint density at radius 3 is 2.92 bits per heavy atom. The molecule has 2 atom stereocenters. The number of carboxylic acids is 1. The second-order valence-electron chi connectivity index (χ2n) is 8.04. The van der Waals surface area contributed by atoms with Crippen LogP contribution >= 0.6 is 11.3 Å². The monoisotopic (exact) mass is 372 g/mol. The van der Waals surface area contributed by atoms with Crippen LogP contribution < -0.4 is 4.90 Å². The molecule has 138 valence electrons. The standard InChI is InChI=1S/C20H24N2O3S/c1-20(2)16-4-3-14(18(23)24)9-17(16)22(19(20)25)11-13-5-7-21(10-13)15-6-8-26-12-15/h3,6,8-9,12-13,16H,4-5,7,10-11H2,1-2H3,(H,23,24). The third kappa shape index (κ3) is 2.76. The largest absolute Gasteiger partial charge is 0.478 e. The first kappa shape index (κ1) is 17.3. The molecular formula is C20H24N2O3S. The Balaban J connectivity index is 1.54. The Hall–Kier alpha value is -2.08. The van der Waals surface area contributed by atoms with Crippen molar-refractivity contribution in [1.29, 1.82) is 0 Å². The first-order valence-electron chi connectivity index (χ1n) is 9.12. The molecular weight excluding hydrogens is 348 g/mol. The lowest BCUT2D eigenvalue weighted by Gasteiger charge is -2.26. The minimum absolute atomic E-state index is 0.0764. The molecule has 0 spiro atoms. The topological polar surface area (TPSA) is 60.9 Å². The van der Waals surface area contributed by atoms with Gasteiger partial charge in [-0.05, 0) is 36.3 Å². The number of amides is 1. The Morgan fingerprint density at radius 2 is 2.23 bits per heavy atom. The Labute approximate surface area is 157 Å². The van der Waals surface area contributed by atoms with E-state index in [9.17, 15) is 14.7 Å². The SMILES string of the molecule is CC1(C)C(=O)N(CC2CCN(c3ccsc3)C2)C2=CC(C(=O)O)=CCC21. The summed E-state index contributed by atoms with van der Waals surface area (Å²) in [5.41, 5.74) is 1.99. The highest BCUT2D eigenvalue weighted by molar-refractivity contribution is 7.08. The van der Waals surface area contributed by atoms with Crippen LogP contribution in [0.25, 0.3) is 0 Å². The van der Waals surface area contributed by atoms with E-state index in [0.717, 1.165) is 25.2 Å². The number of nitrogens with zero attached hydrogens (tertiary/aromatic N) is 2. The smallest absolute Gasteiger partial charge is 0.335 e. The van der Waals surface area contributed by atoms with Crippen LogP contribution in [0, 0.1) is 17.3 Å². The minimum Gasteiger partial charge on any atom is -0.478 e. The summed E-state index contributed by atoms with van der Waals surface area (Å²) in [6, 6.07) is 2.14. The minimum atomic E-state index is -0.919. The van der Waals surface area contributed by atoms with Gasteiger partial charge in [-0.3, -0.25) is 4.79 Å². The number of hydrogen-bond donors (Lipinski definition) is 1. The van der Waals surface area contributed by atoms with Crippen LogP contribution in [-0.2, 0) is 9.59 Å². The summed E-state index contributed by atoms with van der Waals surface area (Å²) >= 11 is 1.70. The van der Waals surface area contributed by atoms with Crippen LogP contribution in [-0.4, -0.2) is 41.5 Å². The number of allylic oxidation sites excluding steroid dienone is 2. The maximum atomic E-state index is 13.1. The molecule has 2 saturated heterocycles. The maximum absolute atomic E-state index is 13.1. The number of carbonyl (C=O) groups is 2. The van der Waals surface area contributed by atoms with Crippen LogP contribution in [0.15, 0.2) is 40.2 Å². The van der Waals surface area contributed by atoms with Gasteiger partial charge in [-0.15, -0.1) is 0 Å². The first-order chi connectivity index (χ1) is 12.4. The van der Waals surface area contributed by atoms with Gasteiger partial charge in [0, 0.05) is 42.3 Å². The lowest BCUT2D eigenvalue weighted by molar-refractivity contribution is -0.135. The number of rotatable bonds is 4. The number of anilines is 1. The van der Waals surface area contributed by atoms with Crippen molar-refractivity contribution < 1.29 is 14.7 Å². The fraction of sp³-hybridized carbons (Fsp3) is 0.500. The highest BCUT2D eigenvalue weighted by Gasteiger charge is 2.51. The number of fused-ring (bicyclic) bond motifs is 1. The normalized spacial score (nSPS) is 27.4. The highest BCUT2D eigenvalue weighted by atomic mass is 32.1. The van der Waals surface area contributed by atoms with Crippen LogP contribution in [0.3, 0.4) is 0 Å². The summed E-state index contributed by atoms with van der Waals surface area (Å²) in [5.74, 6) is -0.304. The molecule has 1 aliphatic carbocycles. The van der Waals surface area contributed by atoms with E-state index in [2.05, 4.69) is 21.7 Å². The quantitative estimate of drug-likeness (QED) is 0.880. The summed E-state index contributed by atoms with van der Waals surface area (Å²) in [6.45, 7) is 6.60. The molecule has 4 rings (SSSR count). The molecule has 6 heteroatoms. The van der Waals surface area contributed by atoms with Crippen LogP contribution in [0.1, 0.15) is 26.7 Å². The van der Waals surface area contributed by atoms with Gasteiger partial charge >= 0.3 is 5.97 Å². The van der Waals surface area contributed by atoms with E-state index in [-0.39, 0.29) is 11.8 Å². The zero-order valence-electron chi connectivity index (χ0n) is 15.1. The van der Waals surface area contributed by atoms with E-state index >= 15 is 0 Å². The number of hydrogen-bond acceptors (Lipinski definition) is 4. The number of carboxylic acid groups (broad SMARTS) is 1. The van der Waals surface area contributed by atoms with E-state index in [0.29, 0.717) is 24.5 Å². The lowest BCUT2D eigenvalue weighted by Crippen LogP contribution is -2.35. The molecule has 1 amide bonds. The Kier molecular flexibility index (Phi) is 4.18. The van der Waals surface area contributed by atoms with Crippen molar-refractivity contribution in [1.82, 2.24) is 4.90 Å². The van der Waals surface area contributed by atoms with E-state index in [4.69, 9.17) is 0 Å². The fourth-order valence-corrected chi connectivity index (χ4v) is 5.14. The Morgan fingerprint density at radius 1 is 1.42 bits per heavy atom. The van der Waals surface area contributed by atoms with Gasteiger partial charge in [-0.25, -0.2) is 4.79 Å². The zero-order valence-corrected chi connectivity index (χ0v) is 16.0. The summed E-state index contributed by atoms with van der Waals surface area (Å²) in [4.78, 5) is 28.7. The van der Waals surface area contributed by atoms with Gasteiger partial charge in [-0.1, -0.05) is 19.9 Å². The fourth-order valence-electron chi connectivity index (χ4n) is 4.48. The molecule has 1 aromatic rings. The molecule has 0 saturated carbocycles. The summed E-state index contributed by atoms with van der Waals surface area (Å²) in [6.07, 6.45) is 5.14. The van der Waals surface area contributed by atoms with Crippen molar-refractivity contribution in [2.24, 2.45) is 17.3 Å². The van der Waals surface area contributed by atoms with Crippen LogP contribution in [0.4, 0.5) is 5.69 Å². The van der Waals surface area contributed by atoms with Gasteiger partial charge in [0.25, 0.3) is 0 Å². The number of thiophene rings is 1. The average molecular weight is 372 g/mol. The van der Waals surface area contributed by atoms with Gasteiger partial charge in [0.2, 0.25) is 5.91 Å². The molecule has 1 N–H and O–H groups in total. The number of likely N-dealkylation sites (tertiary alicyclic amines) is 1. The van der Waals surface area contributed by atoms with E-state index in [1.165, 1.54) is 5.69 Å². The van der Waals surface area contributed by atoms with Crippen LogP contribution in [0.5, 0.6) is 0 Å². The molecule has 5 nitrogen and oxygen atoms in total. The molecule has 3 heterocycles.